The van der Waals surface area contributed by atoms with Gasteiger partial charge in [-0.25, -0.2) is 10.2 Å². The van der Waals surface area contributed by atoms with Gasteiger partial charge in [-0.2, -0.15) is 5.10 Å². The van der Waals surface area contributed by atoms with Crippen LogP contribution >= 0.6 is 15.9 Å². The number of hydrogen-bond acceptors (Lipinski definition) is 2. The van der Waals surface area contributed by atoms with Crippen LogP contribution in [-0.4, -0.2) is 16.8 Å². The van der Waals surface area contributed by atoms with Gasteiger partial charge in [0.25, 0.3) is 0 Å². The van der Waals surface area contributed by atoms with E-state index in [1.54, 1.807) is 6.21 Å². The van der Waals surface area contributed by atoms with Crippen molar-refractivity contribution in [2.75, 3.05) is 5.32 Å². The number of aromatic nitrogens is 1. The molecule has 0 radical (unpaired) electrons. The molecular weight excluding hydrogens is 452 g/mol. The zero-order chi connectivity index (χ0) is 22.0. The van der Waals surface area contributed by atoms with Crippen molar-refractivity contribution in [1.82, 2.24) is 9.99 Å². The van der Waals surface area contributed by atoms with Crippen molar-refractivity contribution in [3.63, 3.8) is 0 Å². The van der Waals surface area contributed by atoms with Crippen LogP contribution in [0.5, 0.6) is 0 Å². The molecule has 0 aliphatic carbocycles. The Morgan fingerprint density at radius 1 is 0.968 bits per heavy atom. The molecule has 0 aliphatic heterocycles. The van der Waals surface area contributed by atoms with Gasteiger partial charge in [0.2, 0.25) is 0 Å². The van der Waals surface area contributed by atoms with E-state index in [2.05, 4.69) is 79.7 Å². The van der Waals surface area contributed by atoms with Crippen LogP contribution in [-0.2, 0) is 0 Å². The molecular formula is C25H23BrN4O. The monoisotopic (exact) mass is 474 g/mol. The van der Waals surface area contributed by atoms with Crippen LogP contribution in [0.2, 0.25) is 0 Å². The SMILES string of the molecule is Cc1cc(NC(=O)N/N=C/c2cc(C)n(-c3ccc4ccccc4c3)c2C)ccc1Br. The normalized spacial score (nSPS) is 11.2. The van der Waals surface area contributed by atoms with E-state index in [-0.39, 0.29) is 6.03 Å². The highest BCUT2D eigenvalue weighted by Crippen LogP contribution is 2.24. The molecule has 0 fully saturated rings. The number of benzene rings is 3. The molecule has 4 rings (SSSR count). The van der Waals surface area contributed by atoms with E-state index in [1.165, 1.54) is 10.8 Å². The summed E-state index contributed by atoms with van der Waals surface area (Å²) < 4.78 is 3.19. The molecule has 0 bridgehead atoms. The second kappa shape index (κ2) is 8.78. The van der Waals surface area contributed by atoms with Crippen molar-refractivity contribution in [2.24, 2.45) is 5.10 Å². The fourth-order valence-corrected chi connectivity index (χ4v) is 3.92. The van der Waals surface area contributed by atoms with Gasteiger partial charge >= 0.3 is 6.03 Å². The van der Waals surface area contributed by atoms with Crippen LogP contribution in [0.3, 0.4) is 0 Å². The van der Waals surface area contributed by atoms with Gasteiger partial charge in [-0.05, 0) is 73.5 Å². The van der Waals surface area contributed by atoms with Gasteiger partial charge < -0.3 is 9.88 Å². The van der Waals surface area contributed by atoms with E-state index in [0.29, 0.717) is 5.69 Å². The topological polar surface area (TPSA) is 58.4 Å². The number of carbonyl (C=O) groups is 1. The summed E-state index contributed by atoms with van der Waals surface area (Å²) >= 11 is 3.45. The van der Waals surface area contributed by atoms with Crippen molar-refractivity contribution in [3.8, 4) is 5.69 Å². The van der Waals surface area contributed by atoms with E-state index in [1.807, 2.05) is 44.2 Å². The summed E-state index contributed by atoms with van der Waals surface area (Å²) in [4.78, 5) is 12.1. The number of aryl methyl sites for hydroxylation is 2. The highest BCUT2D eigenvalue weighted by atomic mass is 79.9. The van der Waals surface area contributed by atoms with E-state index in [4.69, 9.17) is 0 Å². The molecule has 3 aromatic carbocycles. The predicted octanol–water partition coefficient (Wildman–Crippen LogP) is 6.47. The number of hydrazone groups is 1. The number of halogens is 1. The van der Waals surface area contributed by atoms with Gasteiger partial charge in [-0.1, -0.05) is 46.3 Å². The number of nitrogens with one attached hydrogen (secondary N) is 2. The lowest BCUT2D eigenvalue weighted by molar-refractivity contribution is 0.252. The molecule has 6 heteroatoms. The van der Waals surface area contributed by atoms with Gasteiger partial charge in [-0.3, -0.25) is 0 Å². The Morgan fingerprint density at radius 2 is 1.74 bits per heavy atom. The Labute approximate surface area is 189 Å². The third kappa shape index (κ3) is 4.54. The number of rotatable bonds is 4. The molecule has 0 atom stereocenters. The molecule has 0 saturated heterocycles. The quantitative estimate of drug-likeness (QED) is 0.258. The molecule has 0 spiro atoms. The molecule has 2 N–H and O–H groups in total. The first-order chi connectivity index (χ1) is 14.9. The fraction of sp³-hybridized carbons (Fsp3) is 0.120. The summed E-state index contributed by atoms with van der Waals surface area (Å²) in [7, 11) is 0. The van der Waals surface area contributed by atoms with E-state index < -0.39 is 0 Å². The van der Waals surface area contributed by atoms with Crippen LogP contribution in [0.4, 0.5) is 10.5 Å². The Bertz CT molecular complexity index is 1310. The summed E-state index contributed by atoms with van der Waals surface area (Å²) in [6.07, 6.45) is 1.67. The highest BCUT2D eigenvalue weighted by molar-refractivity contribution is 9.10. The van der Waals surface area contributed by atoms with Crippen molar-refractivity contribution in [2.45, 2.75) is 20.8 Å². The lowest BCUT2D eigenvalue weighted by atomic mass is 10.1. The second-order valence-corrected chi connectivity index (χ2v) is 8.34. The average molecular weight is 475 g/mol. The largest absolute Gasteiger partial charge is 0.339 e. The van der Waals surface area contributed by atoms with Crippen molar-refractivity contribution < 1.29 is 4.79 Å². The minimum absolute atomic E-state index is 0.388. The smallest absolute Gasteiger partial charge is 0.318 e. The Hall–Kier alpha value is -3.38. The maximum Gasteiger partial charge on any atom is 0.339 e. The van der Waals surface area contributed by atoms with Crippen molar-refractivity contribution in [3.05, 3.63) is 93.7 Å². The molecule has 156 valence electrons. The standard InChI is InChI=1S/C25H23BrN4O/c1-16-12-22(9-11-24(16)26)28-25(31)29-27-15-21-13-17(2)30(18(21)3)23-10-8-19-6-4-5-7-20(19)14-23/h4-15H,1-3H3,(H2,28,29,31)/b27-15+. The first-order valence-electron chi connectivity index (χ1n) is 9.97. The number of hydrogen-bond donors (Lipinski definition) is 2. The summed E-state index contributed by atoms with van der Waals surface area (Å²) in [5, 5.41) is 9.32. The molecule has 0 unspecified atom stereocenters. The Balaban J connectivity index is 1.49. The van der Waals surface area contributed by atoms with Gasteiger partial charge in [0.15, 0.2) is 0 Å². The molecule has 0 saturated carbocycles. The average Bonchev–Trinajstić information content (AvgIpc) is 3.03. The molecule has 1 heterocycles. The minimum Gasteiger partial charge on any atom is -0.318 e. The van der Waals surface area contributed by atoms with Gasteiger partial charge in [0.05, 0.1) is 6.21 Å². The van der Waals surface area contributed by atoms with Gasteiger partial charge in [-0.15, -0.1) is 0 Å². The first kappa shape index (κ1) is 20.9. The number of carbonyl (C=O) groups excluding carboxylic acids is 1. The fourth-order valence-electron chi connectivity index (χ4n) is 3.67. The maximum atomic E-state index is 12.1. The zero-order valence-electron chi connectivity index (χ0n) is 17.6. The summed E-state index contributed by atoms with van der Waals surface area (Å²) in [6, 6.07) is 22.1. The van der Waals surface area contributed by atoms with Crippen molar-refractivity contribution >= 4 is 44.6 Å². The third-order valence-corrected chi connectivity index (χ3v) is 6.14. The van der Waals surface area contributed by atoms with Gasteiger partial charge in [0.1, 0.15) is 0 Å². The molecule has 5 nitrogen and oxygen atoms in total. The summed E-state index contributed by atoms with van der Waals surface area (Å²) in [5.74, 6) is 0. The van der Waals surface area contributed by atoms with E-state index in [9.17, 15) is 4.79 Å². The molecule has 31 heavy (non-hydrogen) atoms. The predicted molar refractivity (Wildman–Crippen MR) is 131 cm³/mol. The first-order valence-corrected chi connectivity index (χ1v) is 10.8. The van der Waals surface area contributed by atoms with Crippen LogP contribution in [0.25, 0.3) is 16.5 Å². The van der Waals surface area contributed by atoms with E-state index in [0.717, 1.165) is 32.7 Å². The molecule has 1 aromatic heterocycles. The van der Waals surface area contributed by atoms with Crippen LogP contribution in [0.15, 0.2) is 76.3 Å². The third-order valence-electron chi connectivity index (χ3n) is 5.25. The zero-order valence-corrected chi connectivity index (χ0v) is 19.2. The number of urea groups is 1. The Kier molecular flexibility index (Phi) is 5.91. The van der Waals surface area contributed by atoms with Crippen molar-refractivity contribution in [1.29, 1.82) is 0 Å². The minimum atomic E-state index is -0.388. The van der Waals surface area contributed by atoms with Gasteiger partial charge in [0, 0.05) is 32.8 Å². The number of fused-ring (bicyclic) bond motifs is 1. The lowest BCUT2D eigenvalue weighted by Crippen LogP contribution is -2.24. The number of amides is 2. The number of nitrogens with zero attached hydrogens (tertiary/aromatic N) is 2. The molecule has 2 amide bonds. The highest BCUT2D eigenvalue weighted by Gasteiger charge is 2.10. The number of anilines is 1. The summed E-state index contributed by atoms with van der Waals surface area (Å²) in [6.45, 7) is 6.08. The second-order valence-electron chi connectivity index (χ2n) is 7.48. The van der Waals surface area contributed by atoms with E-state index >= 15 is 0 Å². The molecule has 4 aromatic rings. The summed E-state index contributed by atoms with van der Waals surface area (Å²) in [5.41, 5.74) is 8.50. The molecule has 0 aliphatic rings. The lowest BCUT2D eigenvalue weighted by Gasteiger charge is -2.11. The van der Waals surface area contributed by atoms with Crippen LogP contribution in [0.1, 0.15) is 22.5 Å². The van der Waals surface area contributed by atoms with Crippen LogP contribution in [0, 0.1) is 20.8 Å². The maximum absolute atomic E-state index is 12.1. The van der Waals surface area contributed by atoms with Crippen LogP contribution < -0.4 is 10.7 Å². The Morgan fingerprint density at radius 3 is 2.52 bits per heavy atom.